The molecule has 3 aromatic rings. The topological polar surface area (TPSA) is 75.2 Å². The summed E-state index contributed by atoms with van der Waals surface area (Å²) in [5.74, 6) is 1.66. The van der Waals surface area contributed by atoms with Crippen LogP contribution in [0.1, 0.15) is 41.1 Å². The molecule has 1 N–H and O–H groups in total. The number of anilines is 1. The summed E-state index contributed by atoms with van der Waals surface area (Å²) in [4.78, 5) is 12.2. The number of hydrogen-bond donors (Lipinski definition) is 1. The zero-order chi connectivity index (χ0) is 20.0. The van der Waals surface area contributed by atoms with Gasteiger partial charge in [0.15, 0.2) is 0 Å². The molecule has 1 saturated heterocycles. The summed E-state index contributed by atoms with van der Waals surface area (Å²) in [5, 5.41) is 4.64. The monoisotopic (exact) mass is 428 g/mol. The van der Waals surface area contributed by atoms with E-state index in [-0.39, 0.29) is 0 Å². The molecule has 6 nitrogen and oxygen atoms in total. The van der Waals surface area contributed by atoms with E-state index in [1.807, 2.05) is 19.1 Å². The Morgan fingerprint density at radius 3 is 2.59 bits per heavy atom. The van der Waals surface area contributed by atoms with Crippen LogP contribution < -0.4 is 5.32 Å². The largest absolute Gasteiger partial charge is 0.365 e. The second-order valence-corrected chi connectivity index (χ2v) is 10.8. The van der Waals surface area contributed by atoms with Crippen LogP contribution in [0.3, 0.4) is 0 Å². The lowest BCUT2D eigenvalue weighted by Crippen LogP contribution is -2.27. The van der Waals surface area contributed by atoms with Gasteiger partial charge in [-0.25, -0.2) is 18.4 Å². The molecule has 1 fully saturated rings. The van der Waals surface area contributed by atoms with Crippen LogP contribution in [0.5, 0.6) is 0 Å². The fourth-order valence-electron chi connectivity index (χ4n) is 4.27. The van der Waals surface area contributed by atoms with E-state index in [9.17, 15) is 8.42 Å². The van der Waals surface area contributed by atoms with Crippen molar-refractivity contribution >= 4 is 37.4 Å². The van der Waals surface area contributed by atoms with Gasteiger partial charge in [0.1, 0.15) is 16.5 Å². The van der Waals surface area contributed by atoms with Crippen molar-refractivity contribution in [1.82, 2.24) is 14.3 Å². The number of fused-ring (bicyclic) bond motifs is 3. The lowest BCUT2D eigenvalue weighted by Gasteiger charge is -2.15. The van der Waals surface area contributed by atoms with Crippen LogP contribution in [0.4, 0.5) is 5.82 Å². The maximum atomic E-state index is 12.7. The zero-order valence-corrected chi connectivity index (χ0v) is 18.1. The number of aromatic nitrogens is 2. The first-order valence-electron chi connectivity index (χ1n) is 10.1. The van der Waals surface area contributed by atoms with Gasteiger partial charge in [-0.1, -0.05) is 12.1 Å². The molecule has 29 heavy (non-hydrogen) atoms. The Bertz CT molecular complexity index is 1160. The molecule has 1 aliphatic heterocycles. The summed E-state index contributed by atoms with van der Waals surface area (Å²) in [5.41, 5.74) is 2.43. The lowest BCUT2D eigenvalue weighted by molar-refractivity contribution is 0.477. The van der Waals surface area contributed by atoms with Gasteiger partial charge >= 0.3 is 0 Å². The molecule has 0 spiro atoms. The van der Waals surface area contributed by atoms with Crippen LogP contribution in [-0.4, -0.2) is 35.8 Å². The normalized spacial score (nSPS) is 17.1. The second kappa shape index (κ2) is 7.34. The van der Waals surface area contributed by atoms with E-state index >= 15 is 0 Å². The highest BCUT2D eigenvalue weighted by Gasteiger charge is 2.27. The SMILES string of the molecule is Cc1nc(NCc2ccc(S(=O)(=O)N3CCCC3)cc2)c2c3c(sc2n1)CCC3. The van der Waals surface area contributed by atoms with Crippen molar-refractivity contribution in [1.29, 1.82) is 0 Å². The highest BCUT2D eigenvalue weighted by molar-refractivity contribution is 7.89. The predicted octanol–water partition coefficient (Wildman–Crippen LogP) is 3.89. The molecule has 8 heteroatoms. The number of nitrogens with zero attached hydrogens (tertiary/aromatic N) is 3. The van der Waals surface area contributed by atoms with Crippen molar-refractivity contribution in [2.45, 2.75) is 50.5 Å². The average Bonchev–Trinajstić information content (AvgIpc) is 3.43. The summed E-state index contributed by atoms with van der Waals surface area (Å²) in [6, 6.07) is 7.21. The highest BCUT2D eigenvalue weighted by atomic mass is 32.2. The summed E-state index contributed by atoms with van der Waals surface area (Å²) < 4.78 is 26.9. The van der Waals surface area contributed by atoms with E-state index in [0.29, 0.717) is 24.5 Å². The lowest BCUT2D eigenvalue weighted by atomic mass is 10.2. The van der Waals surface area contributed by atoms with E-state index in [4.69, 9.17) is 0 Å². The van der Waals surface area contributed by atoms with Gasteiger partial charge in [0.2, 0.25) is 10.0 Å². The molecule has 5 rings (SSSR count). The van der Waals surface area contributed by atoms with Gasteiger partial charge in [-0.2, -0.15) is 4.31 Å². The molecule has 0 saturated carbocycles. The van der Waals surface area contributed by atoms with Crippen molar-refractivity contribution in [3.8, 4) is 0 Å². The van der Waals surface area contributed by atoms with Crippen molar-refractivity contribution < 1.29 is 8.42 Å². The molecular formula is C21H24N4O2S2. The minimum atomic E-state index is -3.36. The van der Waals surface area contributed by atoms with E-state index < -0.39 is 10.0 Å². The Labute approximate surface area is 175 Å². The molecule has 0 unspecified atom stereocenters. The standard InChI is InChI=1S/C21H24N4O2S2/c1-14-23-20(19-17-5-4-6-18(17)28-21(19)24-14)22-13-15-7-9-16(10-8-15)29(26,27)25-11-2-3-12-25/h7-10H,2-6,11-13H2,1H3,(H,22,23,24). The van der Waals surface area contributed by atoms with Crippen LogP contribution in [0.2, 0.25) is 0 Å². The minimum Gasteiger partial charge on any atom is -0.365 e. The van der Waals surface area contributed by atoms with Crippen molar-refractivity contribution in [3.05, 3.63) is 46.1 Å². The van der Waals surface area contributed by atoms with E-state index in [1.54, 1.807) is 27.8 Å². The Hall–Kier alpha value is -2.03. The van der Waals surface area contributed by atoms with Crippen molar-refractivity contribution in [2.75, 3.05) is 18.4 Å². The number of benzene rings is 1. The van der Waals surface area contributed by atoms with Crippen LogP contribution >= 0.6 is 11.3 Å². The van der Waals surface area contributed by atoms with Crippen molar-refractivity contribution in [3.63, 3.8) is 0 Å². The smallest absolute Gasteiger partial charge is 0.243 e. The fourth-order valence-corrected chi connectivity index (χ4v) is 7.10. The van der Waals surface area contributed by atoms with Gasteiger partial charge in [-0.15, -0.1) is 11.3 Å². The fraction of sp³-hybridized carbons (Fsp3) is 0.429. The second-order valence-electron chi connectivity index (χ2n) is 7.77. The molecular weight excluding hydrogens is 404 g/mol. The predicted molar refractivity (Wildman–Crippen MR) is 116 cm³/mol. The van der Waals surface area contributed by atoms with E-state index in [1.165, 1.54) is 22.2 Å². The van der Waals surface area contributed by atoms with E-state index in [0.717, 1.165) is 47.7 Å². The van der Waals surface area contributed by atoms with Gasteiger partial charge in [0.05, 0.1) is 10.3 Å². The Morgan fingerprint density at radius 1 is 1.07 bits per heavy atom. The van der Waals surface area contributed by atoms with Gasteiger partial charge < -0.3 is 5.32 Å². The molecule has 3 heterocycles. The maximum Gasteiger partial charge on any atom is 0.243 e. The molecule has 2 aliphatic rings. The number of sulfonamides is 1. The summed E-state index contributed by atoms with van der Waals surface area (Å²) in [6.45, 7) is 3.77. The van der Waals surface area contributed by atoms with Crippen LogP contribution in [0, 0.1) is 6.92 Å². The third-order valence-electron chi connectivity index (χ3n) is 5.76. The van der Waals surface area contributed by atoms with Crippen LogP contribution in [-0.2, 0) is 29.4 Å². The van der Waals surface area contributed by atoms with Crippen molar-refractivity contribution in [2.24, 2.45) is 0 Å². The Morgan fingerprint density at radius 2 is 1.83 bits per heavy atom. The summed E-state index contributed by atoms with van der Waals surface area (Å²) >= 11 is 1.79. The quantitative estimate of drug-likeness (QED) is 0.667. The first-order chi connectivity index (χ1) is 14.0. The summed E-state index contributed by atoms with van der Waals surface area (Å²) in [6.07, 6.45) is 5.33. The first-order valence-corrected chi connectivity index (χ1v) is 12.4. The minimum absolute atomic E-state index is 0.374. The van der Waals surface area contributed by atoms with E-state index in [2.05, 4.69) is 15.3 Å². The highest BCUT2D eigenvalue weighted by Crippen LogP contribution is 2.39. The molecule has 2 aromatic heterocycles. The average molecular weight is 429 g/mol. The third-order valence-corrected chi connectivity index (χ3v) is 8.86. The van der Waals surface area contributed by atoms with Crippen LogP contribution in [0.15, 0.2) is 29.2 Å². The van der Waals surface area contributed by atoms with Gasteiger partial charge in [0.25, 0.3) is 0 Å². The van der Waals surface area contributed by atoms with Gasteiger partial charge in [-0.3, -0.25) is 0 Å². The van der Waals surface area contributed by atoms with Crippen LogP contribution in [0.25, 0.3) is 10.2 Å². The number of thiophene rings is 1. The third kappa shape index (κ3) is 3.43. The zero-order valence-electron chi connectivity index (χ0n) is 16.4. The first kappa shape index (κ1) is 19.0. The Kier molecular flexibility index (Phi) is 4.80. The number of hydrogen-bond acceptors (Lipinski definition) is 6. The maximum absolute atomic E-state index is 12.7. The number of aryl methyl sites for hydroxylation is 3. The number of rotatable bonds is 5. The molecule has 152 valence electrons. The number of nitrogens with one attached hydrogen (secondary N) is 1. The Balaban J connectivity index is 1.37. The van der Waals surface area contributed by atoms with Gasteiger partial charge in [-0.05, 0) is 62.3 Å². The molecule has 0 amide bonds. The van der Waals surface area contributed by atoms with Gasteiger partial charge in [0, 0.05) is 24.5 Å². The molecule has 0 atom stereocenters. The molecule has 0 bridgehead atoms. The molecule has 1 aromatic carbocycles. The molecule has 0 radical (unpaired) electrons. The summed E-state index contributed by atoms with van der Waals surface area (Å²) in [7, 11) is -3.36. The molecule has 1 aliphatic carbocycles.